The quantitative estimate of drug-likeness (QED) is 0.843. The second-order valence-electron chi connectivity index (χ2n) is 6.89. The number of aromatic nitrogens is 3. The first-order valence-electron chi connectivity index (χ1n) is 9.10. The van der Waals surface area contributed by atoms with Crippen molar-refractivity contribution in [3.05, 3.63) is 47.5 Å². The number of nitrogens with zero attached hydrogens (tertiary/aromatic N) is 3. The molecule has 1 amide bonds. The van der Waals surface area contributed by atoms with Crippen LogP contribution in [0.15, 0.2) is 30.3 Å². The molecule has 0 fully saturated rings. The molecule has 2 heterocycles. The van der Waals surface area contributed by atoms with Crippen molar-refractivity contribution >= 4 is 5.91 Å². The van der Waals surface area contributed by atoms with Gasteiger partial charge in [0.2, 0.25) is 5.91 Å². The number of hydrogen-bond acceptors (Lipinski definition) is 4. The number of nitrogens with one attached hydrogen (secondary N) is 2. The van der Waals surface area contributed by atoms with E-state index in [0.29, 0.717) is 0 Å². The molecule has 0 aliphatic carbocycles. The van der Waals surface area contributed by atoms with Gasteiger partial charge in [0.15, 0.2) is 5.82 Å². The Kier molecular flexibility index (Phi) is 5.48. The summed E-state index contributed by atoms with van der Waals surface area (Å²) in [4.78, 5) is 17.3. The fourth-order valence-electron chi connectivity index (χ4n) is 3.22. The number of aryl methyl sites for hydroxylation is 2. The highest BCUT2D eigenvalue weighted by molar-refractivity contribution is 5.83. The van der Waals surface area contributed by atoms with Crippen molar-refractivity contribution in [2.24, 2.45) is 0 Å². The average Bonchev–Trinajstić information content (AvgIpc) is 3.02. The van der Waals surface area contributed by atoms with Gasteiger partial charge in [-0.05, 0) is 25.8 Å². The highest BCUT2D eigenvalue weighted by atomic mass is 16.2. The predicted octanol–water partition coefficient (Wildman–Crippen LogP) is 2.01. The molecule has 2 atom stereocenters. The Bertz CT molecular complexity index is 710. The minimum Gasteiger partial charge on any atom is -0.352 e. The molecular weight excluding hydrogens is 314 g/mol. The highest BCUT2D eigenvalue weighted by Crippen LogP contribution is 2.19. The summed E-state index contributed by atoms with van der Waals surface area (Å²) in [5.74, 6) is 1.96. The van der Waals surface area contributed by atoms with Crippen molar-refractivity contribution in [1.29, 1.82) is 0 Å². The van der Waals surface area contributed by atoms with Gasteiger partial charge in [-0.1, -0.05) is 37.3 Å². The average molecular weight is 341 g/mol. The van der Waals surface area contributed by atoms with E-state index in [1.54, 1.807) is 0 Å². The lowest BCUT2D eigenvalue weighted by Gasteiger charge is -2.29. The van der Waals surface area contributed by atoms with Crippen LogP contribution in [-0.4, -0.2) is 32.8 Å². The second kappa shape index (κ2) is 7.78. The van der Waals surface area contributed by atoms with Gasteiger partial charge in [0.25, 0.3) is 0 Å². The lowest BCUT2D eigenvalue weighted by atomic mass is 10.0. The lowest BCUT2D eigenvalue weighted by molar-refractivity contribution is -0.124. The Balaban J connectivity index is 1.75. The van der Waals surface area contributed by atoms with E-state index in [4.69, 9.17) is 0 Å². The van der Waals surface area contributed by atoms with Gasteiger partial charge in [0, 0.05) is 24.9 Å². The van der Waals surface area contributed by atoms with E-state index in [-0.39, 0.29) is 24.0 Å². The summed E-state index contributed by atoms with van der Waals surface area (Å²) in [6.45, 7) is 6.78. The van der Waals surface area contributed by atoms with Gasteiger partial charge in [0.1, 0.15) is 11.9 Å². The molecule has 6 nitrogen and oxygen atoms in total. The molecule has 2 aromatic rings. The molecule has 0 radical (unpaired) electrons. The largest absolute Gasteiger partial charge is 0.352 e. The van der Waals surface area contributed by atoms with E-state index in [1.807, 2.05) is 48.9 Å². The minimum atomic E-state index is -0.357. The van der Waals surface area contributed by atoms with Crippen molar-refractivity contribution in [2.45, 2.75) is 64.7 Å². The van der Waals surface area contributed by atoms with Crippen LogP contribution in [0.25, 0.3) is 0 Å². The van der Waals surface area contributed by atoms with Gasteiger partial charge in [0.05, 0.1) is 6.54 Å². The number of amides is 1. The highest BCUT2D eigenvalue weighted by Gasteiger charge is 2.27. The maximum Gasteiger partial charge on any atom is 0.241 e. The number of hydrogen-bond donors (Lipinski definition) is 2. The maximum absolute atomic E-state index is 12.7. The van der Waals surface area contributed by atoms with Gasteiger partial charge < -0.3 is 5.32 Å². The van der Waals surface area contributed by atoms with Crippen LogP contribution in [0.4, 0.5) is 0 Å². The zero-order chi connectivity index (χ0) is 17.8. The smallest absolute Gasteiger partial charge is 0.241 e. The predicted molar refractivity (Wildman–Crippen MR) is 97.1 cm³/mol. The van der Waals surface area contributed by atoms with Crippen molar-refractivity contribution in [3.8, 4) is 0 Å². The summed E-state index contributed by atoms with van der Waals surface area (Å²) in [5, 5.41) is 11.1. The van der Waals surface area contributed by atoms with Gasteiger partial charge in [-0.25, -0.2) is 9.67 Å². The standard InChI is InChI=1S/C19H27N5O/c1-4-16-22-17-11-10-15(12-24(17)23-16)21-18(19(25)20-13(2)3)14-8-6-5-7-9-14/h5-9,13,15,18,21H,4,10-12H2,1-3H3,(H,20,25)/t15-,18+/m0/s1. The SMILES string of the molecule is CCc1nc2n(n1)C[C@@H](N[C@@H](C(=O)NC(C)C)c1ccccc1)CC2. The Morgan fingerprint density at radius 2 is 2.08 bits per heavy atom. The molecular formula is C19H27N5O. The first kappa shape index (κ1) is 17.6. The van der Waals surface area contributed by atoms with Crippen LogP contribution in [0, 0.1) is 0 Å². The molecule has 0 saturated carbocycles. The monoisotopic (exact) mass is 341 g/mol. The third kappa shape index (κ3) is 4.25. The van der Waals surface area contributed by atoms with Crippen molar-refractivity contribution < 1.29 is 4.79 Å². The molecule has 1 aliphatic heterocycles. The molecule has 25 heavy (non-hydrogen) atoms. The lowest BCUT2D eigenvalue weighted by Crippen LogP contribution is -2.47. The summed E-state index contributed by atoms with van der Waals surface area (Å²) in [5.41, 5.74) is 0.985. The summed E-state index contributed by atoms with van der Waals surface area (Å²) < 4.78 is 1.99. The van der Waals surface area contributed by atoms with E-state index in [9.17, 15) is 4.79 Å². The number of benzene rings is 1. The number of carbonyl (C=O) groups is 1. The normalized spacial score (nSPS) is 18.0. The van der Waals surface area contributed by atoms with Gasteiger partial charge >= 0.3 is 0 Å². The Labute approximate surface area is 149 Å². The fourth-order valence-corrected chi connectivity index (χ4v) is 3.22. The number of rotatable bonds is 6. The number of carbonyl (C=O) groups excluding carboxylic acids is 1. The van der Waals surface area contributed by atoms with Crippen LogP contribution in [0.1, 0.15) is 50.4 Å². The fraction of sp³-hybridized carbons (Fsp3) is 0.526. The van der Waals surface area contributed by atoms with Gasteiger partial charge in [-0.15, -0.1) is 0 Å². The molecule has 3 rings (SSSR count). The summed E-state index contributed by atoms with van der Waals surface area (Å²) in [6, 6.07) is 9.85. The molecule has 0 saturated heterocycles. The summed E-state index contributed by atoms with van der Waals surface area (Å²) in [6.07, 6.45) is 2.69. The molecule has 0 spiro atoms. The third-order valence-corrected chi connectivity index (χ3v) is 4.45. The summed E-state index contributed by atoms with van der Waals surface area (Å²) >= 11 is 0. The van der Waals surface area contributed by atoms with Crippen LogP contribution >= 0.6 is 0 Å². The first-order chi connectivity index (χ1) is 12.1. The zero-order valence-electron chi connectivity index (χ0n) is 15.2. The zero-order valence-corrected chi connectivity index (χ0v) is 15.2. The molecule has 1 aromatic heterocycles. The van der Waals surface area contributed by atoms with E-state index < -0.39 is 0 Å². The maximum atomic E-state index is 12.7. The van der Waals surface area contributed by atoms with E-state index in [2.05, 4.69) is 27.6 Å². The van der Waals surface area contributed by atoms with Gasteiger partial charge in [-0.2, -0.15) is 5.10 Å². The van der Waals surface area contributed by atoms with Crippen molar-refractivity contribution in [1.82, 2.24) is 25.4 Å². The Morgan fingerprint density at radius 1 is 1.32 bits per heavy atom. The van der Waals surface area contributed by atoms with E-state index in [0.717, 1.165) is 43.0 Å². The van der Waals surface area contributed by atoms with Gasteiger partial charge in [-0.3, -0.25) is 10.1 Å². The molecule has 0 bridgehead atoms. The molecule has 0 unspecified atom stereocenters. The van der Waals surface area contributed by atoms with Crippen molar-refractivity contribution in [3.63, 3.8) is 0 Å². The molecule has 134 valence electrons. The van der Waals surface area contributed by atoms with E-state index in [1.165, 1.54) is 0 Å². The second-order valence-corrected chi connectivity index (χ2v) is 6.89. The van der Waals surface area contributed by atoms with Crippen LogP contribution in [0.3, 0.4) is 0 Å². The van der Waals surface area contributed by atoms with Crippen LogP contribution in [0.5, 0.6) is 0 Å². The minimum absolute atomic E-state index is 0.0137. The molecule has 2 N–H and O–H groups in total. The van der Waals surface area contributed by atoms with Crippen LogP contribution in [-0.2, 0) is 24.2 Å². The Morgan fingerprint density at radius 3 is 2.76 bits per heavy atom. The summed E-state index contributed by atoms with van der Waals surface area (Å²) in [7, 11) is 0. The number of fused-ring (bicyclic) bond motifs is 1. The topological polar surface area (TPSA) is 71.8 Å². The third-order valence-electron chi connectivity index (χ3n) is 4.45. The van der Waals surface area contributed by atoms with E-state index >= 15 is 0 Å². The first-order valence-corrected chi connectivity index (χ1v) is 9.10. The molecule has 6 heteroatoms. The molecule has 1 aliphatic rings. The van der Waals surface area contributed by atoms with Crippen LogP contribution in [0.2, 0.25) is 0 Å². The van der Waals surface area contributed by atoms with Crippen LogP contribution < -0.4 is 10.6 Å². The Hall–Kier alpha value is -2.21. The van der Waals surface area contributed by atoms with Crippen molar-refractivity contribution in [2.75, 3.05) is 0 Å². The molecule has 1 aromatic carbocycles.